The van der Waals surface area contributed by atoms with Crippen LogP contribution >= 0.6 is 0 Å². The van der Waals surface area contributed by atoms with Gasteiger partial charge in [-0.15, -0.1) is 0 Å². The zero-order valence-electron chi connectivity index (χ0n) is 12.5. The number of piperazine rings is 1. The van der Waals surface area contributed by atoms with Crippen molar-refractivity contribution in [2.24, 2.45) is 5.84 Å². The Labute approximate surface area is 116 Å². The van der Waals surface area contributed by atoms with Gasteiger partial charge < -0.3 is 4.90 Å². The maximum Gasteiger partial charge on any atom is 0.0627 e. The van der Waals surface area contributed by atoms with Crippen LogP contribution in [0.1, 0.15) is 22.7 Å². The second kappa shape index (κ2) is 6.01. The van der Waals surface area contributed by atoms with E-state index in [1.807, 2.05) is 0 Å². The Morgan fingerprint density at radius 1 is 1.16 bits per heavy atom. The molecule has 2 unspecified atom stereocenters. The van der Waals surface area contributed by atoms with Crippen molar-refractivity contribution >= 4 is 0 Å². The lowest BCUT2D eigenvalue weighted by molar-refractivity contribution is 0.0876. The van der Waals surface area contributed by atoms with E-state index in [1.54, 1.807) is 0 Å². The first-order chi connectivity index (χ1) is 9.01. The molecule has 1 saturated heterocycles. The van der Waals surface area contributed by atoms with Crippen LogP contribution in [0.3, 0.4) is 0 Å². The molecule has 1 fully saturated rings. The highest BCUT2D eigenvalue weighted by Crippen LogP contribution is 2.24. The average molecular weight is 262 g/mol. The van der Waals surface area contributed by atoms with Gasteiger partial charge in [-0.3, -0.25) is 16.2 Å². The van der Waals surface area contributed by atoms with E-state index in [9.17, 15) is 0 Å². The minimum absolute atomic E-state index is 0.173. The Morgan fingerprint density at radius 3 is 2.37 bits per heavy atom. The van der Waals surface area contributed by atoms with E-state index >= 15 is 0 Å². The fraction of sp³-hybridized carbons (Fsp3) is 0.600. The van der Waals surface area contributed by atoms with Crippen LogP contribution in [-0.4, -0.2) is 49.6 Å². The van der Waals surface area contributed by atoms with E-state index in [2.05, 4.69) is 61.4 Å². The summed E-state index contributed by atoms with van der Waals surface area (Å²) in [6, 6.07) is 7.25. The van der Waals surface area contributed by atoms with Gasteiger partial charge in [0, 0.05) is 25.7 Å². The summed E-state index contributed by atoms with van der Waals surface area (Å²) >= 11 is 0. The largest absolute Gasteiger partial charge is 0.303 e. The molecule has 4 nitrogen and oxygen atoms in total. The molecule has 19 heavy (non-hydrogen) atoms. The van der Waals surface area contributed by atoms with E-state index in [0.29, 0.717) is 6.04 Å². The lowest BCUT2D eigenvalue weighted by Crippen LogP contribution is -2.56. The van der Waals surface area contributed by atoms with Gasteiger partial charge in [0.15, 0.2) is 0 Å². The normalized spacial score (nSPS) is 23.5. The van der Waals surface area contributed by atoms with E-state index in [0.717, 1.165) is 19.6 Å². The van der Waals surface area contributed by atoms with Crippen molar-refractivity contribution in [2.75, 3.05) is 33.7 Å². The number of nitrogens with two attached hydrogens (primary N) is 1. The lowest BCUT2D eigenvalue weighted by Gasteiger charge is -2.42. The molecule has 3 N–H and O–H groups in total. The third-order valence-corrected chi connectivity index (χ3v) is 4.07. The molecule has 0 amide bonds. The second-order valence-electron chi connectivity index (χ2n) is 5.88. The number of nitrogens with zero attached hydrogens (tertiary/aromatic N) is 2. The van der Waals surface area contributed by atoms with Crippen LogP contribution in [-0.2, 0) is 0 Å². The first kappa shape index (κ1) is 14.5. The van der Waals surface area contributed by atoms with Gasteiger partial charge in [0.05, 0.1) is 6.04 Å². The Balaban J connectivity index is 2.27. The van der Waals surface area contributed by atoms with Gasteiger partial charge in [-0.1, -0.05) is 29.3 Å². The molecule has 0 saturated carbocycles. The van der Waals surface area contributed by atoms with Gasteiger partial charge in [0.25, 0.3) is 0 Å². The van der Waals surface area contributed by atoms with Gasteiger partial charge in [0.2, 0.25) is 0 Å². The van der Waals surface area contributed by atoms with E-state index in [4.69, 9.17) is 5.84 Å². The Hall–Kier alpha value is -0.940. The summed E-state index contributed by atoms with van der Waals surface area (Å²) in [5.74, 6) is 5.85. The van der Waals surface area contributed by atoms with E-state index < -0.39 is 0 Å². The molecule has 2 rings (SSSR count). The zero-order chi connectivity index (χ0) is 14.0. The molecule has 106 valence electrons. The smallest absolute Gasteiger partial charge is 0.0627 e. The molecule has 1 aliphatic rings. The fourth-order valence-electron chi connectivity index (χ4n) is 3.02. The molecule has 1 aliphatic heterocycles. The predicted molar refractivity (Wildman–Crippen MR) is 79.9 cm³/mol. The van der Waals surface area contributed by atoms with Crippen LogP contribution in [0, 0.1) is 13.8 Å². The predicted octanol–water partition coefficient (Wildman–Crippen LogP) is 1.05. The van der Waals surface area contributed by atoms with E-state index in [1.165, 1.54) is 16.7 Å². The Morgan fingerprint density at radius 2 is 1.79 bits per heavy atom. The molecule has 0 radical (unpaired) electrons. The molecule has 0 aromatic heterocycles. The van der Waals surface area contributed by atoms with Crippen molar-refractivity contribution in [3.05, 3.63) is 34.9 Å². The summed E-state index contributed by atoms with van der Waals surface area (Å²) in [7, 11) is 4.36. The van der Waals surface area contributed by atoms with Crippen molar-refractivity contribution in [1.29, 1.82) is 0 Å². The van der Waals surface area contributed by atoms with Crippen LogP contribution < -0.4 is 11.3 Å². The van der Waals surface area contributed by atoms with Crippen molar-refractivity contribution in [2.45, 2.75) is 25.9 Å². The van der Waals surface area contributed by atoms with Crippen LogP contribution in [0.25, 0.3) is 0 Å². The number of likely N-dealkylation sites (N-methyl/N-ethyl adjacent to an activating group) is 2. The summed E-state index contributed by atoms with van der Waals surface area (Å²) < 4.78 is 0. The summed E-state index contributed by atoms with van der Waals surface area (Å²) in [5.41, 5.74) is 6.90. The minimum Gasteiger partial charge on any atom is -0.303 e. The number of aryl methyl sites for hydroxylation is 2. The molecule has 4 heteroatoms. The monoisotopic (exact) mass is 262 g/mol. The number of hydrogen-bond donors (Lipinski definition) is 2. The summed E-state index contributed by atoms with van der Waals surface area (Å²) in [4.78, 5) is 4.78. The molecule has 2 atom stereocenters. The SMILES string of the molecule is Cc1cc(C)cc(C(NN)C2CN(C)CCN2C)c1. The number of rotatable bonds is 3. The lowest BCUT2D eigenvalue weighted by atomic mass is 9.94. The Bertz CT molecular complexity index is 412. The summed E-state index contributed by atoms with van der Waals surface area (Å²) in [6.45, 7) is 7.53. The summed E-state index contributed by atoms with van der Waals surface area (Å²) in [6.07, 6.45) is 0. The fourth-order valence-corrected chi connectivity index (χ4v) is 3.02. The minimum atomic E-state index is 0.173. The Kier molecular flexibility index (Phi) is 4.58. The van der Waals surface area contributed by atoms with Crippen molar-refractivity contribution in [1.82, 2.24) is 15.2 Å². The van der Waals surface area contributed by atoms with Crippen molar-refractivity contribution in [3.63, 3.8) is 0 Å². The first-order valence-corrected chi connectivity index (χ1v) is 6.94. The zero-order valence-corrected chi connectivity index (χ0v) is 12.5. The van der Waals surface area contributed by atoms with Crippen LogP contribution in [0.4, 0.5) is 0 Å². The van der Waals surface area contributed by atoms with Gasteiger partial charge in [-0.05, 0) is 33.5 Å². The number of nitrogens with one attached hydrogen (secondary N) is 1. The third kappa shape index (κ3) is 3.34. The van der Waals surface area contributed by atoms with Crippen LogP contribution in [0.2, 0.25) is 0 Å². The summed E-state index contributed by atoms with van der Waals surface area (Å²) in [5, 5.41) is 0. The van der Waals surface area contributed by atoms with Gasteiger partial charge in [-0.25, -0.2) is 0 Å². The maximum absolute atomic E-state index is 5.85. The van der Waals surface area contributed by atoms with Crippen molar-refractivity contribution in [3.8, 4) is 0 Å². The second-order valence-corrected chi connectivity index (χ2v) is 5.88. The molecule has 1 aromatic rings. The number of hydrogen-bond acceptors (Lipinski definition) is 4. The van der Waals surface area contributed by atoms with Gasteiger partial charge in [0.1, 0.15) is 0 Å². The molecular weight excluding hydrogens is 236 g/mol. The molecule has 0 aliphatic carbocycles. The first-order valence-electron chi connectivity index (χ1n) is 6.94. The highest BCUT2D eigenvalue weighted by molar-refractivity contribution is 5.31. The van der Waals surface area contributed by atoms with Gasteiger partial charge >= 0.3 is 0 Å². The molecular formula is C15H26N4. The van der Waals surface area contributed by atoms with Crippen LogP contribution in [0.5, 0.6) is 0 Å². The average Bonchev–Trinajstić information content (AvgIpc) is 2.33. The van der Waals surface area contributed by atoms with Crippen molar-refractivity contribution < 1.29 is 0 Å². The molecule has 1 heterocycles. The van der Waals surface area contributed by atoms with Crippen LogP contribution in [0.15, 0.2) is 18.2 Å². The molecule has 0 bridgehead atoms. The highest BCUT2D eigenvalue weighted by Gasteiger charge is 2.30. The maximum atomic E-state index is 5.85. The number of benzene rings is 1. The standard InChI is InChI=1S/C15H26N4/c1-11-7-12(2)9-13(8-11)15(17-16)14-10-18(3)5-6-19(14)4/h7-9,14-15,17H,5-6,10,16H2,1-4H3. The topological polar surface area (TPSA) is 44.5 Å². The van der Waals surface area contributed by atoms with E-state index in [-0.39, 0.29) is 6.04 Å². The quantitative estimate of drug-likeness (QED) is 0.631. The molecule has 0 spiro atoms. The third-order valence-electron chi connectivity index (χ3n) is 4.07. The number of hydrazine groups is 1. The molecule has 1 aromatic carbocycles. The van der Waals surface area contributed by atoms with Gasteiger partial charge in [-0.2, -0.15) is 0 Å². The highest BCUT2D eigenvalue weighted by atomic mass is 15.3.